The number of benzene rings is 3. The molecule has 1 atom stereocenters. The van der Waals surface area contributed by atoms with Crippen molar-refractivity contribution in [3.8, 4) is 0 Å². The van der Waals surface area contributed by atoms with Crippen LogP contribution in [-0.2, 0) is 20.4 Å². The molecule has 0 saturated carbocycles. The van der Waals surface area contributed by atoms with Crippen molar-refractivity contribution in [1.82, 2.24) is 0 Å². The quantitative estimate of drug-likeness (QED) is 0.230. The minimum absolute atomic E-state index is 0. The van der Waals surface area contributed by atoms with E-state index < -0.39 is 8.07 Å². The summed E-state index contributed by atoms with van der Waals surface area (Å²) in [5, 5.41) is 4.46. The summed E-state index contributed by atoms with van der Waals surface area (Å²) >= 11 is 2.39. The first-order chi connectivity index (χ1) is 15.5. The van der Waals surface area contributed by atoms with Gasteiger partial charge in [-0.25, -0.2) is 0 Å². The fourth-order valence-electron chi connectivity index (χ4n) is 6.31. The smallest absolute Gasteiger partial charge is 1.00 e. The summed E-state index contributed by atoms with van der Waals surface area (Å²) in [4.78, 5) is 0. The maximum Gasteiger partial charge on any atom is -1.00 e. The van der Waals surface area contributed by atoms with Crippen LogP contribution in [-0.4, -0.2) is 8.07 Å². The first kappa shape index (κ1) is 33.0. The molecule has 0 amide bonds. The largest absolute Gasteiger partial charge is 1.00 e. The van der Waals surface area contributed by atoms with Crippen LogP contribution in [0.25, 0.3) is 0 Å². The van der Waals surface area contributed by atoms with Gasteiger partial charge in [-0.15, -0.1) is 0 Å². The number of rotatable bonds is 4. The number of hydrogen-bond donors (Lipinski definition) is 0. The zero-order valence-electron chi connectivity index (χ0n) is 22.5. The fourth-order valence-corrected chi connectivity index (χ4v) is 14.3. The topological polar surface area (TPSA) is 0 Å². The SMILES string of the molecule is CC1=C(C)C(C)([Si](c2ccccc2)(c2cc(C)cc(C)c2)c2cc(C)cc(C)c2)[C]([Ti+3])=C1C.[Cl-].[Cl-].[Cl-]. The molecule has 0 aliphatic heterocycles. The Labute approximate surface area is 249 Å². The van der Waals surface area contributed by atoms with Gasteiger partial charge in [-0.1, -0.05) is 0 Å². The predicted octanol–water partition coefficient (Wildman–Crippen LogP) is -2.67. The van der Waals surface area contributed by atoms with Crippen molar-refractivity contribution in [2.24, 2.45) is 0 Å². The summed E-state index contributed by atoms with van der Waals surface area (Å²) in [6.07, 6.45) is 0. The minimum Gasteiger partial charge on any atom is -1.00 e. The van der Waals surface area contributed by atoms with Crippen molar-refractivity contribution in [3.63, 3.8) is 0 Å². The molecule has 0 saturated heterocycles. The molecular formula is C31H35Cl3SiTi. The monoisotopic (exact) mass is 588 g/mol. The van der Waals surface area contributed by atoms with Gasteiger partial charge >= 0.3 is 214 Å². The normalized spacial score (nSPS) is 17.4. The first-order valence-electron chi connectivity index (χ1n) is 11.9. The van der Waals surface area contributed by atoms with Gasteiger partial charge in [0.1, 0.15) is 0 Å². The summed E-state index contributed by atoms with van der Waals surface area (Å²) < 4.78 is 1.53. The van der Waals surface area contributed by atoms with Crippen LogP contribution in [0.2, 0.25) is 5.04 Å². The molecule has 0 N–H and O–H groups in total. The maximum absolute atomic E-state index is 2.57. The zero-order valence-corrected chi connectivity index (χ0v) is 27.3. The number of allylic oxidation sites excluding steroid dienone is 4. The van der Waals surface area contributed by atoms with Gasteiger partial charge in [-0.2, -0.15) is 0 Å². The van der Waals surface area contributed by atoms with Crippen LogP contribution < -0.4 is 52.8 Å². The average molecular weight is 590 g/mol. The second-order valence-electron chi connectivity index (χ2n) is 10.2. The zero-order chi connectivity index (χ0) is 24.1. The molecule has 5 heteroatoms. The molecule has 0 aromatic heterocycles. The van der Waals surface area contributed by atoms with E-state index in [0.29, 0.717) is 0 Å². The summed E-state index contributed by atoms with van der Waals surface area (Å²) in [7, 11) is -2.57. The molecule has 1 aliphatic carbocycles. The van der Waals surface area contributed by atoms with E-state index in [1.165, 1.54) is 58.4 Å². The molecule has 188 valence electrons. The van der Waals surface area contributed by atoms with Crippen LogP contribution in [0.3, 0.4) is 0 Å². The van der Waals surface area contributed by atoms with Gasteiger partial charge in [0, 0.05) is 0 Å². The molecule has 1 aliphatic rings. The van der Waals surface area contributed by atoms with Crippen molar-refractivity contribution in [2.45, 2.75) is 60.4 Å². The van der Waals surface area contributed by atoms with Crippen LogP contribution in [0, 0.1) is 27.7 Å². The maximum atomic E-state index is 2.55. The third-order valence-electron chi connectivity index (χ3n) is 8.02. The molecular weight excluding hydrogens is 555 g/mol. The van der Waals surface area contributed by atoms with Gasteiger partial charge < -0.3 is 37.2 Å². The average Bonchev–Trinajstić information content (AvgIpc) is 2.90. The number of halogens is 3. The van der Waals surface area contributed by atoms with E-state index >= 15 is 0 Å². The van der Waals surface area contributed by atoms with Gasteiger partial charge in [-0.3, -0.25) is 0 Å². The van der Waals surface area contributed by atoms with Gasteiger partial charge in [0.25, 0.3) is 0 Å². The Morgan fingerprint density at radius 1 is 0.556 bits per heavy atom. The van der Waals surface area contributed by atoms with Gasteiger partial charge in [0.2, 0.25) is 0 Å². The molecule has 0 radical (unpaired) electrons. The summed E-state index contributed by atoms with van der Waals surface area (Å²) in [5.74, 6) is 0. The molecule has 36 heavy (non-hydrogen) atoms. The van der Waals surface area contributed by atoms with E-state index in [-0.39, 0.29) is 42.3 Å². The molecule has 1 unspecified atom stereocenters. The van der Waals surface area contributed by atoms with Crippen LogP contribution in [0.15, 0.2) is 87.3 Å². The van der Waals surface area contributed by atoms with Crippen molar-refractivity contribution in [1.29, 1.82) is 0 Å². The van der Waals surface area contributed by atoms with Gasteiger partial charge in [0.15, 0.2) is 0 Å². The van der Waals surface area contributed by atoms with Crippen molar-refractivity contribution < 1.29 is 57.7 Å². The van der Waals surface area contributed by atoms with Crippen LogP contribution in [0.1, 0.15) is 49.9 Å². The Morgan fingerprint density at radius 3 is 1.28 bits per heavy atom. The van der Waals surface area contributed by atoms with Crippen molar-refractivity contribution >= 4 is 23.6 Å². The van der Waals surface area contributed by atoms with E-state index in [1.54, 1.807) is 0 Å². The van der Waals surface area contributed by atoms with Crippen molar-refractivity contribution in [3.05, 3.63) is 110 Å². The molecule has 0 fully saturated rings. The van der Waals surface area contributed by atoms with E-state index in [2.05, 4.69) is 143 Å². The Balaban J connectivity index is 0.00000216. The first-order valence-corrected chi connectivity index (χ1v) is 14.7. The van der Waals surface area contributed by atoms with E-state index in [9.17, 15) is 0 Å². The molecule has 0 spiro atoms. The Hall–Kier alpha value is -1.06. The molecule has 0 nitrogen and oxygen atoms in total. The second kappa shape index (κ2) is 12.2. The number of aryl methyl sites for hydroxylation is 4. The Kier molecular flexibility index (Phi) is 11.2. The van der Waals surface area contributed by atoms with E-state index in [4.69, 9.17) is 0 Å². The molecule has 3 aromatic rings. The van der Waals surface area contributed by atoms with E-state index in [1.807, 2.05) is 0 Å². The van der Waals surface area contributed by atoms with Crippen LogP contribution >= 0.6 is 0 Å². The van der Waals surface area contributed by atoms with E-state index in [0.717, 1.165) is 0 Å². The third-order valence-corrected chi connectivity index (χ3v) is 15.4. The summed E-state index contributed by atoms with van der Waals surface area (Å²) in [6, 6.07) is 26.0. The summed E-state index contributed by atoms with van der Waals surface area (Å²) in [6.45, 7) is 18.6. The number of hydrogen-bond acceptors (Lipinski definition) is 0. The molecule has 0 heterocycles. The predicted molar refractivity (Wildman–Crippen MR) is 142 cm³/mol. The Morgan fingerprint density at radius 2 is 0.944 bits per heavy atom. The van der Waals surface area contributed by atoms with Crippen LogP contribution in [0.4, 0.5) is 0 Å². The van der Waals surface area contributed by atoms with Crippen LogP contribution in [0.5, 0.6) is 0 Å². The molecule has 3 aromatic carbocycles. The summed E-state index contributed by atoms with van der Waals surface area (Å²) in [5.41, 5.74) is 9.86. The second-order valence-corrected chi connectivity index (χ2v) is 15.3. The molecule has 4 rings (SSSR count). The third kappa shape index (κ3) is 5.01. The van der Waals surface area contributed by atoms with Crippen molar-refractivity contribution in [2.75, 3.05) is 0 Å². The standard InChI is InChI=1S/C31H35Si.3ClH.Ti/c1-21-14-22(2)17-29(16-21)32(28-12-10-9-11-13-28,30-18-23(3)15-24(4)19-30)31(8)20-25(5)26(6)27(31)7;;;;/h9-19H,1-8H3;3*1H;/q;;;;+3/p-3. The molecule has 0 bridgehead atoms. The Bertz CT molecular complexity index is 1190. The van der Waals surface area contributed by atoms with Gasteiger partial charge in [-0.05, 0) is 0 Å². The minimum atomic E-state index is -2.57. The fraction of sp³-hybridized carbons (Fsp3) is 0.290. The van der Waals surface area contributed by atoms with Gasteiger partial charge in [0.05, 0.1) is 0 Å².